The molecule has 0 fully saturated rings. The van der Waals surface area contributed by atoms with E-state index in [0.29, 0.717) is 5.56 Å². The van der Waals surface area contributed by atoms with Crippen LogP contribution < -0.4 is 5.32 Å². The Morgan fingerprint density at radius 2 is 1.78 bits per heavy atom. The molecule has 2 rings (SSSR count). The van der Waals surface area contributed by atoms with Crippen molar-refractivity contribution in [2.45, 2.75) is 6.92 Å². The molecule has 0 atom stereocenters. The highest BCUT2D eigenvalue weighted by atomic mass is 16.3. The quantitative estimate of drug-likeness (QED) is 0.395. The van der Waals surface area contributed by atoms with Crippen LogP contribution in [0.25, 0.3) is 6.08 Å². The van der Waals surface area contributed by atoms with Crippen molar-refractivity contribution in [3.8, 4) is 23.3 Å². The lowest BCUT2D eigenvalue weighted by atomic mass is 10.1. The minimum absolute atomic E-state index is 0.108. The molecule has 6 nitrogen and oxygen atoms in total. The third-order valence-corrected chi connectivity index (χ3v) is 3.08. The van der Waals surface area contributed by atoms with E-state index in [1.165, 1.54) is 30.3 Å². The lowest BCUT2D eigenvalue weighted by Crippen LogP contribution is -2.13. The summed E-state index contributed by atoms with van der Waals surface area (Å²) in [6, 6.07) is 10.4. The van der Waals surface area contributed by atoms with Crippen molar-refractivity contribution in [1.82, 2.24) is 0 Å². The molecule has 0 radical (unpaired) electrons. The SMILES string of the molecule is Cc1ccc(O)c(NC(=O)/C(C#N)=C/c2ccc(O)c(O)c2)c1. The van der Waals surface area contributed by atoms with Gasteiger partial charge in [0, 0.05) is 0 Å². The molecule has 0 bridgehead atoms. The molecule has 0 unspecified atom stereocenters. The van der Waals surface area contributed by atoms with Gasteiger partial charge in [0.25, 0.3) is 5.91 Å². The molecule has 0 spiro atoms. The normalized spacial score (nSPS) is 10.9. The minimum Gasteiger partial charge on any atom is -0.506 e. The summed E-state index contributed by atoms with van der Waals surface area (Å²) in [4.78, 5) is 12.1. The van der Waals surface area contributed by atoms with Crippen molar-refractivity contribution >= 4 is 17.7 Å². The Labute approximate surface area is 132 Å². The lowest BCUT2D eigenvalue weighted by Gasteiger charge is -2.07. The molecule has 23 heavy (non-hydrogen) atoms. The number of aryl methyl sites for hydroxylation is 1. The second kappa shape index (κ2) is 6.54. The third-order valence-electron chi connectivity index (χ3n) is 3.08. The fourth-order valence-corrected chi connectivity index (χ4v) is 1.89. The fraction of sp³-hybridized carbons (Fsp3) is 0.0588. The molecule has 116 valence electrons. The van der Waals surface area contributed by atoms with Crippen LogP contribution in [-0.2, 0) is 4.79 Å². The van der Waals surface area contributed by atoms with E-state index in [4.69, 9.17) is 5.26 Å². The van der Waals surface area contributed by atoms with Gasteiger partial charge in [0.15, 0.2) is 11.5 Å². The number of anilines is 1. The summed E-state index contributed by atoms with van der Waals surface area (Å²) in [5.41, 5.74) is 1.20. The standard InChI is InChI=1S/C17H14N2O4/c1-10-2-4-14(20)13(6-10)19-17(23)12(9-18)7-11-3-5-15(21)16(22)8-11/h2-8,20-22H,1H3,(H,19,23)/b12-7+. The number of nitriles is 1. The Balaban J connectivity index is 2.28. The van der Waals surface area contributed by atoms with E-state index < -0.39 is 5.91 Å². The average Bonchev–Trinajstić information content (AvgIpc) is 2.51. The van der Waals surface area contributed by atoms with Gasteiger partial charge in [-0.1, -0.05) is 12.1 Å². The van der Waals surface area contributed by atoms with Gasteiger partial charge in [-0.3, -0.25) is 4.79 Å². The Bertz CT molecular complexity index is 835. The molecule has 0 aliphatic heterocycles. The van der Waals surface area contributed by atoms with Gasteiger partial charge in [-0.05, 0) is 48.4 Å². The van der Waals surface area contributed by atoms with Crippen LogP contribution in [-0.4, -0.2) is 21.2 Å². The number of nitrogens with one attached hydrogen (secondary N) is 1. The Morgan fingerprint density at radius 1 is 1.09 bits per heavy atom. The summed E-state index contributed by atoms with van der Waals surface area (Å²) in [7, 11) is 0. The number of hydrogen-bond acceptors (Lipinski definition) is 5. The predicted molar refractivity (Wildman–Crippen MR) is 84.8 cm³/mol. The zero-order chi connectivity index (χ0) is 17.0. The summed E-state index contributed by atoms with van der Waals surface area (Å²) in [6.45, 7) is 1.80. The molecule has 0 heterocycles. The van der Waals surface area contributed by atoms with Crippen LogP contribution in [0.4, 0.5) is 5.69 Å². The van der Waals surface area contributed by atoms with Crippen LogP contribution >= 0.6 is 0 Å². The van der Waals surface area contributed by atoms with E-state index in [-0.39, 0.29) is 28.5 Å². The van der Waals surface area contributed by atoms with Crippen LogP contribution in [0.3, 0.4) is 0 Å². The van der Waals surface area contributed by atoms with Crippen LogP contribution in [0.5, 0.6) is 17.2 Å². The molecule has 2 aromatic carbocycles. The monoisotopic (exact) mass is 310 g/mol. The summed E-state index contributed by atoms with van der Waals surface area (Å²) >= 11 is 0. The van der Waals surface area contributed by atoms with E-state index in [0.717, 1.165) is 5.56 Å². The first-order valence-electron chi connectivity index (χ1n) is 6.65. The number of rotatable bonds is 3. The largest absolute Gasteiger partial charge is 0.506 e. The first-order chi connectivity index (χ1) is 10.9. The molecular weight excluding hydrogens is 296 g/mol. The number of benzene rings is 2. The number of phenolic OH excluding ortho intramolecular Hbond substituents is 3. The number of phenols is 3. The summed E-state index contributed by atoms with van der Waals surface area (Å²) < 4.78 is 0. The van der Waals surface area contributed by atoms with Crippen molar-refractivity contribution in [2.24, 2.45) is 0 Å². The molecular formula is C17H14N2O4. The smallest absolute Gasteiger partial charge is 0.266 e. The molecule has 0 aliphatic carbocycles. The lowest BCUT2D eigenvalue weighted by molar-refractivity contribution is -0.112. The van der Waals surface area contributed by atoms with Crippen LogP contribution in [0, 0.1) is 18.3 Å². The maximum atomic E-state index is 12.1. The molecule has 0 aromatic heterocycles. The highest BCUT2D eigenvalue weighted by Gasteiger charge is 2.12. The predicted octanol–water partition coefficient (Wildman–Crippen LogP) is 2.66. The maximum Gasteiger partial charge on any atom is 0.266 e. The first-order valence-corrected chi connectivity index (χ1v) is 6.65. The topological polar surface area (TPSA) is 114 Å². The first kappa shape index (κ1) is 15.9. The Morgan fingerprint density at radius 3 is 2.43 bits per heavy atom. The van der Waals surface area contributed by atoms with Gasteiger partial charge in [0.05, 0.1) is 5.69 Å². The second-order valence-corrected chi connectivity index (χ2v) is 4.89. The molecule has 1 amide bonds. The number of carbonyl (C=O) groups is 1. The van der Waals surface area contributed by atoms with Gasteiger partial charge in [0.1, 0.15) is 17.4 Å². The average molecular weight is 310 g/mol. The molecule has 0 saturated carbocycles. The zero-order valence-electron chi connectivity index (χ0n) is 12.2. The highest BCUT2D eigenvalue weighted by Crippen LogP contribution is 2.27. The van der Waals surface area contributed by atoms with E-state index in [1.807, 2.05) is 0 Å². The third kappa shape index (κ3) is 3.80. The van der Waals surface area contributed by atoms with Crippen molar-refractivity contribution in [3.63, 3.8) is 0 Å². The van der Waals surface area contributed by atoms with E-state index in [1.54, 1.807) is 25.1 Å². The van der Waals surface area contributed by atoms with Gasteiger partial charge in [-0.25, -0.2) is 0 Å². The highest BCUT2D eigenvalue weighted by molar-refractivity contribution is 6.10. The van der Waals surface area contributed by atoms with Gasteiger partial charge in [-0.2, -0.15) is 5.26 Å². The number of amides is 1. The van der Waals surface area contributed by atoms with Gasteiger partial charge < -0.3 is 20.6 Å². The minimum atomic E-state index is -0.694. The molecule has 0 saturated heterocycles. The van der Waals surface area contributed by atoms with Crippen LogP contribution in [0.15, 0.2) is 42.0 Å². The fourth-order valence-electron chi connectivity index (χ4n) is 1.89. The number of nitrogens with zero attached hydrogens (tertiary/aromatic N) is 1. The second-order valence-electron chi connectivity index (χ2n) is 4.89. The van der Waals surface area contributed by atoms with E-state index in [9.17, 15) is 20.1 Å². The molecule has 4 N–H and O–H groups in total. The van der Waals surface area contributed by atoms with Gasteiger partial charge >= 0.3 is 0 Å². The zero-order valence-corrected chi connectivity index (χ0v) is 12.2. The number of aromatic hydroxyl groups is 3. The van der Waals surface area contributed by atoms with Crippen LogP contribution in [0.2, 0.25) is 0 Å². The van der Waals surface area contributed by atoms with E-state index in [2.05, 4.69) is 5.32 Å². The Kier molecular flexibility index (Phi) is 4.52. The van der Waals surface area contributed by atoms with E-state index >= 15 is 0 Å². The molecule has 6 heteroatoms. The molecule has 2 aromatic rings. The Hall–Kier alpha value is -3.46. The van der Waals surface area contributed by atoms with Crippen molar-refractivity contribution in [1.29, 1.82) is 5.26 Å². The summed E-state index contributed by atoms with van der Waals surface area (Å²) in [6.07, 6.45) is 1.27. The van der Waals surface area contributed by atoms with Crippen molar-refractivity contribution < 1.29 is 20.1 Å². The summed E-state index contributed by atoms with van der Waals surface area (Å²) in [5, 5.41) is 40.0. The molecule has 0 aliphatic rings. The summed E-state index contributed by atoms with van der Waals surface area (Å²) in [5.74, 6) is -1.45. The van der Waals surface area contributed by atoms with Gasteiger partial charge in [0.2, 0.25) is 0 Å². The number of hydrogen-bond donors (Lipinski definition) is 4. The van der Waals surface area contributed by atoms with Gasteiger partial charge in [-0.15, -0.1) is 0 Å². The van der Waals surface area contributed by atoms with Crippen molar-refractivity contribution in [2.75, 3.05) is 5.32 Å². The maximum absolute atomic E-state index is 12.1. The number of carbonyl (C=O) groups excluding carboxylic acids is 1. The van der Waals surface area contributed by atoms with Crippen molar-refractivity contribution in [3.05, 3.63) is 53.1 Å². The van der Waals surface area contributed by atoms with Crippen LogP contribution in [0.1, 0.15) is 11.1 Å².